The Bertz CT molecular complexity index is 741. The summed E-state index contributed by atoms with van der Waals surface area (Å²) in [5.74, 6) is 1.40. The van der Waals surface area contributed by atoms with E-state index in [1.165, 1.54) is 17.2 Å². The van der Waals surface area contributed by atoms with E-state index in [1.54, 1.807) is 18.0 Å². The fourth-order valence-corrected chi connectivity index (χ4v) is 2.91. The van der Waals surface area contributed by atoms with Crippen molar-refractivity contribution in [3.63, 3.8) is 0 Å². The molecule has 10 nitrogen and oxygen atoms in total. The Labute approximate surface area is 148 Å². The highest BCUT2D eigenvalue weighted by Crippen LogP contribution is 2.31. The summed E-state index contributed by atoms with van der Waals surface area (Å²) in [6.07, 6.45) is 3.26. The maximum Gasteiger partial charge on any atom is 0.177 e. The van der Waals surface area contributed by atoms with E-state index in [9.17, 15) is 15.3 Å². The van der Waals surface area contributed by atoms with E-state index in [0.29, 0.717) is 17.0 Å². The predicted molar refractivity (Wildman–Crippen MR) is 93.4 cm³/mol. The molecule has 11 heteroatoms. The fourth-order valence-electron chi connectivity index (χ4n) is 2.57. The first kappa shape index (κ1) is 18.0. The van der Waals surface area contributed by atoms with Gasteiger partial charge in [0.1, 0.15) is 24.6 Å². The van der Waals surface area contributed by atoms with Gasteiger partial charge in [-0.3, -0.25) is 9.99 Å². The van der Waals surface area contributed by atoms with Crippen LogP contribution in [0.2, 0.25) is 0 Å². The van der Waals surface area contributed by atoms with Crippen LogP contribution in [0.25, 0.3) is 11.2 Å². The highest BCUT2D eigenvalue weighted by Gasteiger charge is 2.44. The van der Waals surface area contributed by atoms with E-state index in [1.807, 2.05) is 6.26 Å². The molecule has 136 valence electrons. The number of aliphatic hydroxyl groups is 3. The Morgan fingerprint density at radius 1 is 1.36 bits per heavy atom. The molecule has 1 fully saturated rings. The Balaban J connectivity index is 1.83. The van der Waals surface area contributed by atoms with Crippen molar-refractivity contribution in [2.45, 2.75) is 31.0 Å². The van der Waals surface area contributed by atoms with Gasteiger partial charge in [-0.05, 0) is 18.4 Å². The molecule has 3 heterocycles. The van der Waals surface area contributed by atoms with Gasteiger partial charge in [0.2, 0.25) is 0 Å². The van der Waals surface area contributed by atoms with Crippen LogP contribution in [0.5, 0.6) is 0 Å². The molecule has 1 aliphatic rings. The molecule has 25 heavy (non-hydrogen) atoms. The van der Waals surface area contributed by atoms with Crippen LogP contribution in [0.15, 0.2) is 17.8 Å². The Morgan fingerprint density at radius 2 is 2.20 bits per heavy atom. The quantitative estimate of drug-likeness (QED) is 0.292. The summed E-state index contributed by atoms with van der Waals surface area (Å²) in [6, 6.07) is 0. The average Bonchev–Trinajstić information content (AvgIpc) is 3.17. The molecule has 4 atom stereocenters. The number of ether oxygens (including phenoxy) is 1. The molecule has 3 rings (SSSR count). The minimum absolute atomic E-state index is 0.395. The lowest BCUT2D eigenvalue weighted by molar-refractivity contribution is -0.0511. The standard InChI is InChI=1S/C14H20N6O4S/c1-25-4-2-3-18-19-12-9-13(16-6-15-12)20(7-17-9)14-11(23)10(22)8(5-21)24-14/h3,6-8,10-11,14,21-23H,2,4-5H2,1H3,(H,15,16,19)/b18-3+/t8-,10+,11?,14-/m1/s1. The van der Waals surface area contributed by atoms with Crippen molar-refractivity contribution < 1.29 is 20.1 Å². The van der Waals surface area contributed by atoms with Gasteiger partial charge >= 0.3 is 0 Å². The van der Waals surface area contributed by atoms with Crippen molar-refractivity contribution in [2.75, 3.05) is 24.0 Å². The van der Waals surface area contributed by atoms with Crippen LogP contribution < -0.4 is 5.43 Å². The number of nitrogens with zero attached hydrogens (tertiary/aromatic N) is 5. The molecule has 1 unspecified atom stereocenters. The first-order chi connectivity index (χ1) is 12.2. The molecule has 0 bridgehead atoms. The summed E-state index contributed by atoms with van der Waals surface area (Å²) in [7, 11) is 0. The number of aromatic nitrogens is 4. The van der Waals surface area contributed by atoms with Crippen LogP contribution in [0, 0.1) is 0 Å². The first-order valence-corrected chi connectivity index (χ1v) is 9.13. The van der Waals surface area contributed by atoms with Crippen LogP contribution >= 0.6 is 11.8 Å². The van der Waals surface area contributed by atoms with Crippen LogP contribution in [0.4, 0.5) is 5.82 Å². The van der Waals surface area contributed by atoms with E-state index >= 15 is 0 Å². The van der Waals surface area contributed by atoms with Gasteiger partial charge < -0.3 is 20.1 Å². The topological polar surface area (TPSA) is 138 Å². The molecule has 1 aliphatic heterocycles. The largest absolute Gasteiger partial charge is 0.394 e. The van der Waals surface area contributed by atoms with Crippen molar-refractivity contribution in [3.05, 3.63) is 12.7 Å². The van der Waals surface area contributed by atoms with Crippen molar-refractivity contribution >= 4 is 35.0 Å². The van der Waals surface area contributed by atoms with Gasteiger partial charge in [0.25, 0.3) is 0 Å². The van der Waals surface area contributed by atoms with Crippen molar-refractivity contribution in [1.82, 2.24) is 19.5 Å². The minimum atomic E-state index is -1.20. The van der Waals surface area contributed by atoms with Gasteiger partial charge in [-0.25, -0.2) is 15.0 Å². The summed E-state index contributed by atoms with van der Waals surface area (Å²) in [4.78, 5) is 12.5. The molecule has 0 spiro atoms. The summed E-state index contributed by atoms with van der Waals surface area (Å²) in [5, 5.41) is 33.4. The highest BCUT2D eigenvalue weighted by atomic mass is 32.2. The second kappa shape index (κ2) is 8.06. The van der Waals surface area contributed by atoms with Gasteiger partial charge in [0, 0.05) is 6.21 Å². The highest BCUT2D eigenvalue weighted by molar-refractivity contribution is 7.98. The number of fused-ring (bicyclic) bond motifs is 1. The summed E-state index contributed by atoms with van der Waals surface area (Å²) in [6.45, 7) is -0.395. The van der Waals surface area contributed by atoms with E-state index < -0.39 is 31.1 Å². The zero-order chi connectivity index (χ0) is 17.8. The lowest BCUT2D eigenvalue weighted by atomic mass is 10.1. The molecule has 0 aliphatic carbocycles. The molecule has 0 amide bonds. The van der Waals surface area contributed by atoms with Crippen LogP contribution in [0.1, 0.15) is 12.6 Å². The van der Waals surface area contributed by atoms with Gasteiger partial charge in [0.15, 0.2) is 23.2 Å². The maximum atomic E-state index is 10.2. The summed E-state index contributed by atoms with van der Waals surface area (Å²) < 4.78 is 7.02. The number of aliphatic hydroxyl groups excluding tert-OH is 3. The SMILES string of the molecule is CSCC/C=N/Nc1ncnc2c1ncn2[C@@H]1O[C@H](CO)[C@H](O)C1O. The number of rotatable bonds is 7. The zero-order valence-electron chi connectivity index (χ0n) is 13.6. The average molecular weight is 368 g/mol. The maximum absolute atomic E-state index is 10.2. The molecule has 2 aromatic rings. The Hall–Kier alpha value is -1.79. The molecule has 0 aromatic carbocycles. The number of nitrogens with one attached hydrogen (secondary N) is 1. The van der Waals surface area contributed by atoms with Crippen molar-refractivity contribution in [3.8, 4) is 0 Å². The third-order valence-corrected chi connectivity index (χ3v) is 4.51. The first-order valence-electron chi connectivity index (χ1n) is 7.73. The van der Waals surface area contributed by atoms with Gasteiger partial charge in [-0.1, -0.05) is 0 Å². The third kappa shape index (κ3) is 3.60. The van der Waals surface area contributed by atoms with E-state index in [2.05, 4.69) is 25.5 Å². The van der Waals surface area contributed by atoms with Crippen molar-refractivity contribution in [1.29, 1.82) is 0 Å². The van der Waals surface area contributed by atoms with Gasteiger partial charge in [-0.2, -0.15) is 16.9 Å². The molecule has 4 N–H and O–H groups in total. The fraction of sp³-hybridized carbons (Fsp3) is 0.571. The monoisotopic (exact) mass is 368 g/mol. The number of thioether (sulfide) groups is 1. The molecule has 1 saturated heterocycles. The number of hydrazone groups is 1. The van der Waals surface area contributed by atoms with Crippen LogP contribution in [-0.2, 0) is 4.74 Å². The van der Waals surface area contributed by atoms with E-state index in [4.69, 9.17) is 4.74 Å². The normalized spacial score (nSPS) is 26.7. The minimum Gasteiger partial charge on any atom is -0.394 e. The molecular formula is C14H20N6O4S. The van der Waals surface area contributed by atoms with Gasteiger partial charge in [-0.15, -0.1) is 0 Å². The molecular weight excluding hydrogens is 348 g/mol. The molecule has 2 aromatic heterocycles. The summed E-state index contributed by atoms with van der Waals surface area (Å²) >= 11 is 1.73. The van der Waals surface area contributed by atoms with E-state index in [0.717, 1.165) is 12.2 Å². The Morgan fingerprint density at radius 3 is 2.92 bits per heavy atom. The lowest BCUT2D eigenvalue weighted by Crippen LogP contribution is -2.33. The second-order valence-corrected chi connectivity index (χ2v) is 6.47. The molecule has 0 radical (unpaired) electrons. The molecule has 0 saturated carbocycles. The number of imidazole rings is 1. The Kier molecular flexibility index (Phi) is 5.81. The van der Waals surface area contributed by atoms with Gasteiger partial charge in [0.05, 0.1) is 12.9 Å². The van der Waals surface area contributed by atoms with Crippen molar-refractivity contribution in [2.24, 2.45) is 5.10 Å². The zero-order valence-corrected chi connectivity index (χ0v) is 14.4. The van der Waals surface area contributed by atoms with E-state index in [-0.39, 0.29) is 0 Å². The van der Waals surface area contributed by atoms with Crippen LogP contribution in [0.3, 0.4) is 0 Å². The van der Waals surface area contributed by atoms with Crippen LogP contribution in [-0.4, -0.2) is 78.0 Å². The smallest absolute Gasteiger partial charge is 0.177 e. The second-order valence-electron chi connectivity index (χ2n) is 5.48. The lowest BCUT2D eigenvalue weighted by Gasteiger charge is -2.16. The number of hydrogen-bond donors (Lipinski definition) is 4. The number of hydrogen-bond acceptors (Lipinski definition) is 10. The predicted octanol–water partition coefficient (Wildman–Crippen LogP) is -0.411. The third-order valence-electron chi connectivity index (χ3n) is 3.86. The number of anilines is 1. The summed E-state index contributed by atoms with van der Waals surface area (Å²) in [5.41, 5.74) is 3.71.